The molecule has 0 fully saturated rings. The van der Waals surface area contributed by atoms with E-state index < -0.39 is 17.4 Å². The molecule has 192 valence electrons. The first-order chi connectivity index (χ1) is 16.6. The Bertz CT molecular complexity index is 983. The summed E-state index contributed by atoms with van der Waals surface area (Å²) in [6.07, 6.45) is 0.677. The summed E-state index contributed by atoms with van der Waals surface area (Å²) >= 11 is 3.55. The zero-order valence-electron chi connectivity index (χ0n) is 21.5. The fraction of sp³-hybridized carbons (Fsp3) is 0.481. The maximum atomic E-state index is 13.1. The van der Waals surface area contributed by atoms with Crippen molar-refractivity contribution in [2.75, 3.05) is 21.3 Å². The summed E-state index contributed by atoms with van der Waals surface area (Å²) in [6.45, 7) is 7.74. The van der Waals surface area contributed by atoms with Crippen molar-refractivity contribution >= 4 is 27.9 Å². The first-order valence-electron chi connectivity index (χ1n) is 11.5. The van der Waals surface area contributed by atoms with Gasteiger partial charge in [-0.3, -0.25) is 9.59 Å². The van der Waals surface area contributed by atoms with Crippen LogP contribution in [0, 0.1) is 5.41 Å². The second kappa shape index (κ2) is 12.8. The number of halogens is 1. The summed E-state index contributed by atoms with van der Waals surface area (Å²) in [7, 11) is 4.10. The quantitative estimate of drug-likeness (QED) is 0.253. The molecule has 0 bridgehead atoms. The zero-order chi connectivity index (χ0) is 26.2. The van der Waals surface area contributed by atoms with E-state index in [1.165, 1.54) is 14.2 Å². The van der Waals surface area contributed by atoms with E-state index in [0.717, 1.165) is 11.3 Å². The number of benzene rings is 2. The maximum absolute atomic E-state index is 13.1. The van der Waals surface area contributed by atoms with Crippen LogP contribution in [0.2, 0.25) is 0 Å². The van der Waals surface area contributed by atoms with Gasteiger partial charge in [0.1, 0.15) is 5.75 Å². The van der Waals surface area contributed by atoms with Crippen molar-refractivity contribution in [1.82, 2.24) is 0 Å². The third-order valence-electron chi connectivity index (χ3n) is 5.48. The highest BCUT2D eigenvalue weighted by atomic mass is 79.9. The average molecular weight is 551 g/mol. The van der Waals surface area contributed by atoms with E-state index in [1.54, 1.807) is 19.2 Å². The molecular weight excluding hydrogens is 516 g/mol. The van der Waals surface area contributed by atoms with Crippen molar-refractivity contribution in [2.45, 2.75) is 59.2 Å². The number of esters is 2. The van der Waals surface area contributed by atoms with Crippen LogP contribution in [0.4, 0.5) is 0 Å². The molecule has 0 saturated carbocycles. The standard InChI is InChI=1S/C27H35BrO7/c1-17(2)34-21-10-8-19(9-11-21)12-13-27(25(29)32-6,26(30)33-7)16-20-14-24(35-18(3)4)23(31-5)15-22(20)28/h8-11,14-15,17-18H,12-13,16H2,1-7H3. The molecule has 0 heterocycles. The van der Waals surface area contributed by atoms with Crippen molar-refractivity contribution in [3.05, 3.63) is 52.0 Å². The first kappa shape index (κ1) is 28.5. The van der Waals surface area contributed by atoms with Gasteiger partial charge in [-0.25, -0.2) is 0 Å². The van der Waals surface area contributed by atoms with E-state index in [-0.39, 0.29) is 25.0 Å². The number of ether oxygens (including phenoxy) is 5. The van der Waals surface area contributed by atoms with Crippen molar-refractivity contribution in [2.24, 2.45) is 5.41 Å². The summed E-state index contributed by atoms with van der Waals surface area (Å²) in [5.41, 5.74) is 0.0943. The SMILES string of the molecule is COC(=O)C(CCc1ccc(OC(C)C)cc1)(Cc1cc(OC(C)C)c(OC)cc1Br)C(=O)OC. The molecule has 0 aliphatic carbocycles. The number of hydrogen-bond acceptors (Lipinski definition) is 7. The van der Waals surface area contributed by atoms with E-state index in [2.05, 4.69) is 15.9 Å². The second-order valence-electron chi connectivity index (χ2n) is 8.81. The Balaban J connectivity index is 2.44. The van der Waals surface area contributed by atoms with Gasteiger partial charge in [0.25, 0.3) is 0 Å². The second-order valence-corrected chi connectivity index (χ2v) is 9.67. The van der Waals surface area contributed by atoms with Crippen molar-refractivity contribution in [1.29, 1.82) is 0 Å². The lowest BCUT2D eigenvalue weighted by molar-refractivity contribution is -0.169. The Morgan fingerprint density at radius 3 is 1.91 bits per heavy atom. The largest absolute Gasteiger partial charge is 0.493 e. The van der Waals surface area contributed by atoms with Crippen LogP contribution in [0.5, 0.6) is 17.2 Å². The van der Waals surface area contributed by atoms with Crippen molar-refractivity contribution in [3.63, 3.8) is 0 Å². The highest BCUT2D eigenvalue weighted by Crippen LogP contribution is 2.40. The van der Waals surface area contributed by atoms with Gasteiger partial charge in [0, 0.05) is 10.9 Å². The minimum atomic E-state index is -1.55. The molecule has 0 unspecified atom stereocenters. The van der Waals surface area contributed by atoms with Crippen LogP contribution in [0.1, 0.15) is 45.2 Å². The lowest BCUT2D eigenvalue weighted by Crippen LogP contribution is -2.43. The smallest absolute Gasteiger partial charge is 0.323 e. The topological polar surface area (TPSA) is 80.3 Å². The van der Waals surface area contributed by atoms with E-state index in [9.17, 15) is 9.59 Å². The number of hydrogen-bond donors (Lipinski definition) is 0. The fourth-order valence-electron chi connectivity index (χ4n) is 3.82. The molecule has 0 aliphatic heterocycles. The molecule has 0 atom stereocenters. The highest BCUT2D eigenvalue weighted by Gasteiger charge is 2.48. The summed E-state index contributed by atoms with van der Waals surface area (Å²) in [5, 5.41) is 0. The predicted octanol–water partition coefficient (Wildman–Crippen LogP) is 5.54. The molecule has 0 aliphatic rings. The predicted molar refractivity (Wildman–Crippen MR) is 137 cm³/mol. The third-order valence-corrected chi connectivity index (χ3v) is 6.21. The molecule has 0 aromatic heterocycles. The molecule has 8 heteroatoms. The minimum absolute atomic E-state index is 0.0555. The normalized spacial score (nSPS) is 11.4. The summed E-state index contributed by atoms with van der Waals surface area (Å²) in [4.78, 5) is 26.2. The minimum Gasteiger partial charge on any atom is -0.493 e. The van der Waals surface area contributed by atoms with Crippen LogP contribution in [-0.4, -0.2) is 45.5 Å². The summed E-state index contributed by atoms with van der Waals surface area (Å²) in [6, 6.07) is 11.1. The number of carbonyl (C=O) groups excluding carboxylic acids is 2. The van der Waals surface area contributed by atoms with E-state index in [1.807, 2.05) is 52.0 Å². The van der Waals surface area contributed by atoms with Gasteiger partial charge in [-0.15, -0.1) is 0 Å². The molecule has 0 N–H and O–H groups in total. The molecule has 2 aromatic carbocycles. The van der Waals surface area contributed by atoms with Crippen molar-refractivity contribution < 1.29 is 33.3 Å². The molecule has 7 nitrogen and oxygen atoms in total. The van der Waals surface area contributed by atoms with Gasteiger partial charge in [0.2, 0.25) is 0 Å². The third kappa shape index (κ3) is 7.37. The fourth-order valence-corrected chi connectivity index (χ4v) is 4.28. The molecule has 2 aromatic rings. The molecule has 0 radical (unpaired) electrons. The molecular formula is C27H35BrO7. The van der Waals surface area contributed by atoms with Gasteiger partial charge < -0.3 is 23.7 Å². The Kier molecular flexibility index (Phi) is 10.4. The van der Waals surface area contributed by atoms with Crippen LogP contribution in [-0.2, 0) is 31.9 Å². The Morgan fingerprint density at radius 1 is 0.857 bits per heavy atom. The van der Waals surface area contributed by atoms with Gasteiger partial charge in [0.15, 0.2) is 16.9 Å². The lowest BCUT2D eigenvalue weighted by atomic mass is 9.76. The van der Waals surface area contributed by atoms with Gasteiger partial charge in [-0.1, -0.05) is 28.1 Å². The van der Waals surface area contributed by atoms with Gasteiger partial charge >= 0.3 is 11.9 Å². The van der Waals surface area contributed by atoms with Crippen LogP contribution < -0.4 is 14.2 Å². The molecule has 2 rings (SSSR count). The lowest BCUT2D eigenvalue weighted by Gasteiger charge is -2.29. The summed E-state index contributed by atoms with van der Waals surface area (Å²) < 4.78 is 27.9. The zero-order valence-corrected chi connectivity index (χ0v) is 23.1. The van der Waals surface area contributed by atoms with E-state index in [4.69, 9.17) is 23.7 Å². The Hall–Kier alpha value is -2.74. The van der Waals surface area contributed by atoms with Crippen LogP contribution in [0.25, 0.3) is 0 Å². The Morgan fingerprint density at radius 2 is 1.43 bits per heavy atom. The van der Waals surface area contributed by atoms with E-state index in [0.29, 0.717) is 28.0 Å². The number of aryl methyl sites for hydroxylation is 1. The van der Waals surface area contributed by atoms with E-state index >= 15 is 0 Å². The first-order valence-corrected chi connectivity index (χ1v) is 12.3. The van der Waals surface area contributed by atoms with Crippen molar-refractivity contribution in [3.8, 4) is 17.2 Å². The number of rotatable bonds is 12. The molecule has 0 saturated heterocycles. The summed E-state index contributed by atoms with van der Waals surface area (Å²) in [5.74, 6) is 0.511. The van der Waals surface area contributed by atoms with Gasteiger partial charge in [-0.2, -0.15) is 0 Å². The van der Waals surface area contributed by atoms with Crippen LogP contribution in [0.15, 0.2) is 40.9 Å². The van der Waals surface area contributed by atoms with Gasteiger partial charge in [0.05, 0.1) is 33.5 Å². The van der Waals surface area contributed by atoms with Crippen LogP contribution in [0.3, 0.4) is 0 Å². The highest BCUT2D eigenvalue weighted by molar-refractivity contribution is 9.10. The monoisotopic (exact) mass is 550 g/mol. The van der Waals surface area contributed by atoms with Gasteiger partial charge in [-0.05, 0) is 75.9 Å². The molecule has 35 heavy (non-hydrogen) atoms. The number of carbonyl (C=O) groups is 2. The average Bonchev–Trinajstić information content (AvgIpc) is 2.82. The molecule has 0 spiro atoms. The number of methoxy groups -OCH3 is 3. The Labute approximate surface area is 216 Å². The maximum Gasteiger partial charge on any atom is 0.323 e. The van der Waals surface area contributed by atoms with Crippen LogP contribution >= 0.6 is 15.9 Å². The molecule has 0 amide bonds.